The summed E-state index contributed by atoms with van der Waals surface area (Å²) in [6.07, 6.45) is 0.812. The zero-order valence-electron chi connectivity index (χ0n) is 11.6. The number of fused-ring (bicyclic) bond motifs is 1. The van der Waals surface area contributed by atoms with Crippen molar-refractivity contribution in [2.75, 3.05) is 6.54 Å². The van der Waals surface area contributed by atoms with Gasteiger partial charge in [0.05, 0.1) is 0 Å². The van der Waals surface area contributed by atoms with Crippen molar-refractivity contribution in [2.24, 2.45) is 0 Å². The molecule has 2 aromatic rings. The van der Waals surface area contributed by atoms with Crippen LogP contribution in [0.15, 0.2) is 40.9 Å². The number of hydrogen-bond acceptors (Lipinski definition) is 2. The molecule has 1 aliphatic rings. The Balaban J connectivity index is 2.02. The third-order valence-electron chi connectivity index (χ3n) is 3.73. The summed E-state index contributed by atoms with van der Waals surface area (Å²) in [5, 5.41) is 2.81. The highest BCUT2D eigenvalue weighted by atomic mass is 79.9. The summed E-state index contributed by atoms with van der Waals surface area (Å²) >= 11 is 3.39. The molecule has 0 aromatic heterocycles. The van der Waals surface area contributed by atoms with E-state index in [0.717, 1.165) is 22.0 Å². The SMILES string of the molecule is Cc1cc(Br)ccc1C(=O)c1ccc2c(c1)C(=O)NCC2. The molecule has 1 N–H and O–H groups in total. The Labute approximate surface area is 131 Å². The summed E-state index contributed by atoms with van der Waals surface area (Å²) < 4.78 is 0.946. The highest BCUT2D eigenvalue weighted by molar-refractivity contribution is 9.10. The van der Waals surface area contributed by atoms with Crippen molar-refractivity contribution in [2.45, 2.75) is 13.3 Å². The predicted octanol–water partition coefficient (Wildman–Crippen LogP) is 3.27. The van der Waals surface area contributed by atoms with Crippen LogP contribution in [0.5, 0.6) is 0 Å². The van der Waals surface area contributed by atoms with Crippen molar-refractivity contribution < 1.29 is 9.59 Å². The van der Waals surface area contributed by atoms with Crippen LogP contribution in [-0.4, -0.2) is 18.2 Å². The van der Waals surface area contributed by atoms with Crippen LogP contribution in [0, 0.1) is 6.92 Å². The summed E-state index contributed by atoms with van der Waals surface area (Å²) in [7, 11) is 0. The molecule has 106 valence electrons. The molecule has 1 heterocycles. The van der Waals surface area contributed by atoms with Crippen molar-refractivity contribution in [3.05, 3.63) is 68.7 Å². The van der Waals surface area contributed by atoms with Crippen molar-refractivity contribution >= 4 is 27.6 Å². The minimum absolute atomic E-state index is 0.0545. The molecule has 0 spiro atoms. The molecule has 0 saturated heterocycles. The lowest BCUT2D eigenvalue weighted by Crippen LogP contribution is -2.32. The van der Waals surface area contributed by atoms with Gasteiger partial charge in [0.25, 0.3) is 5.91 Å². The average molecular weight is 344 g/mol. The molecule has 21 heavy (non-hydrogen) atoms. The van der Waals surface area contributed by atoms with Gasteiger partial charge < -0.3 is 5.32 Å². The number of rotatable bonds is 2. The van der Waals surface area contributed by atoms with E-state index in [4.69, 9.17) is 0 Å². The fourth-order valence-electron chi connectivity index (χ4n) is 2.59. The third kappa shape index (κ3) is 2.63. The summed E-state index contributed by atoms with van der Waals surface area (Å²) in [5.74, 6) is -0.153. The minimum Gasteiger partial charge on any atom is -0.352 e. The maximum atomic E-state index is 12.6. The summed E-state index contributed by atoms with van der Waals surface area (Å²) in [6, 6.07) is 11.0. The lowest BCUT2D eigenvalue weighted by Gasteiger charge is -2.17. The largest absolute Gasteiger partial charge is 0.352 e. The number of nitrogens with one attached hydrogen (secondary N) is 1. The molecule has 3 rings (SSSR count). The summed E-state index contributed by atoms with van der Waals surface area (Å²) in [4.78, 5) is 24.5. The summed E-state index contributed by atoms with van der Waals surface area (Å²) in [6.45, 7) is 2.56. The Morgan fingerprint density at radius 1 is 1.19 bits per heavy atom. The van der Waals surface area contributed by atoms with E-state index in [9.17, 15) is 9.59 Å². The first-order valence-electron chi connectivity index (χ1n) is 6.78. The van der Waals surface area contributed by atoms with E-state index in [1.54, 1.807) is 18.2 Å². The van der Waals surface area contributed by atoms with Gasteiger partial charge in [-0.3, -0.25) is 9.59 Å². The molecule has 0 unspecified atom stereocenters. The first-order chi connectivity index (χ1) is 10.1. The maximum Gasteiger partial charge on any atom is 0.251 e. The molecule has 0 fully saturated rings. The maximum absolute atomic E-state index is 12.6. The fraction of sp³-hybridized carbons (Fsp3) is 0.176. The van der Waals surface area contributed by atoms with Crippen LogP contribution in [0.4, 0.5) is 0 Å². The lowest BCUT2D eigenvalue weighted by molar-refractivity contribution is 0.0946. The topological polar surface area (TPSA) is 46.2 Å². The van der Waals surface area contributed by atoms with Gasteiger partial charge in [-0.1, -0.05) is 28.1 Å². The molecule has 3 nitrogen and oxygen atoms in total. The van der Waals surface area contributed by atoms with E-state index in [0.29, 0.717) is 23.2 Å². The Kier molecular flexibility index (Phi) is 3.64. The summed E-state index contributed by atoms with van der Waals surface area (Å²) in [5.41, 5.74) is 3.74. The number of amides is 1. The zero-order chi connectivity index (χ0) is 15.0. The second-order valence-electron chi connectivity index (χ2n) is 5.17. The van der Waals surface area contributed by atoms with Gasteiger partial charge >= 0.3 is 0 Å². The van der Waals surface area contributed by atoms with E-state index in [2.05, 4.69) is 21.2 Å². The van der Waals surface area contributed by atoms with Crippen LogP contribution in [0.1, 0.15) is 37.4 Å². The molecule has 4 heteroatoms. The normalized spacial score (nSPS) is 13.5. The van der Waals surface area contributed by atoms with Crippen LogP contribution in [0.3, 0.4) is 0 Å². The Hall–Kier alpha value is -1.94. The van der Waals surface area contributed by atoms with Crippen molar-refractivity contribution in [1.82, 2.24) is 5.32 Å². The van der Waals surface area contributed by atoms with Crippen LogP contribution in [-0.2, 0) is 6.42 Å². The van der Waals surface area contributed by atoms with E-state index in [1.165, 1.54) is 0 Å². The third-order valence-corrected chi connectivity index (χ3v) is 4.22. The molecule has 0 atom stereocenters. The van der Waals surface area contributed by atoms with Gasteiger partial charge in [-0.25, -0.2) is 0 Å². The second kappa shape index (κ2) is 5.45. The number of benzene rings is 2. The smallest absolute Gasteiger partial charge is 0.251 e. The van der Waals surface area contributed by atoms with E-state index in [1.807, 2.05) is 25.1 Å². The average Bonchev–Trinajstić information content (AvgIpc) is 2.47. The van der Waals surface area contributed by atoms with Gasteiger partial charge in [-0.2, -0.15) is 0 Å². The molecule has 0 bridgehead atoms. The van der Waals surface area contributed by atoms with E-state index in [-0.39, 0.29) is 11.7 Å². The van der Waals surface area contributed by atoms with Crippen LogP contribution in [0.25, 0.3) is 0 Å². The quantitative estimate of drug-likeness (QED) is 0.850. The van der Waals surface area contributed by atoms with Gasteiger partial charge in [-0.05, 0) is 48.7 Å². The molecule has 2 aromatic carbocycles. The Morgan fingerprint density at radius 3 is 2.76 bits per heavy atom. The van der Waals surface area contributed by atoms with Gasteiger partial charge in [0, 0.05) is 27.7 Å². The first kappa shape index (κ1) is 14.0. The molecule has 1 aliphatic heterocycles. The van der Waals surface area contributed by atoms with E-state index < -0.39 is 0 Å². The van der Waals surface area contributed by atoms with Crippen LogP contribution >= 0.6 is 15.9 Å². The number of carbonyl (C=O) groups excluding carboxylic acids is 2. The Bertz CT molecular complexity index is 752. The predicted molar refractivity (Wildman–Crippen MR) is 84.8 cm³/mol. The van der Waals surface area contributed by atoms with Crippen molar-refractivity contribution in [1.29, 1.82) is 0 Å². The van der Waals surface area contributed by atoms with Crippen molar-refractivity contribution in [3.63, 3.8) is 0 Å². The molecule has 1 amide bonds. The van der Waals surface area contributed by atoms with Crippen molar-refractivity contribution in [3.8, 4) is 0 Å². The zero-order valence-corrected chi connectivity index (χ0v) is 13.2. The highest BCUT2D eigenvalue weighted by Gasteiger charge is 2.19. The standard InChI is InChI=1S/C17H14BrNO2/c1-10-8-13(18)4-5-14(10)16(20)12-3-2-11-6-7-19-17(21)15(11)9-12/h2-5,8-9H,6-7H2,1H3,(H,19,21). The molecular formula is C17H14BrNO2. The molecule has 0 saturated carbocycles. The van der Waals surface area contributed by atoms with E-state index >= 15 is 0 Å². The number of hydrogen-bond donors (Lipinski definition) is 1. The highest BCUT2D eigenvalue weighted by Crippen LogP contribution is 2.22. The van der Waals surface area contributed by atoms with Gasteiger partial charge in [0.1, 0.15) is 0 Å². The molecule has 0 radical (unpaired) electrons. The number of ketones is 1. The van der Waals surface area contributed by atoms with Gasteiger partial charge in [0.15, 0.2) is 5.78 Å². The molecular weight excluding hydrogens is 330 g/mol. The van der Waals surface area contributed by atoms with Crippen LogP contribution < -0.4 is 5.32 Å². The van der Waals surface area contributed by atoms with Gasteiger partial charge in [0.2, 0.25) is 0 Å². The lowest BCUT2D eigenvalue weighted by atomic mass is 9.93. The monoisotopic (exact) mass is 343 g/mol. The second-order valence-corrected chi connectivity index (χ2v) is 6.08. The van der Waals surface area contributed by atoms with Crippen LogP contribution in [0.2, 0.25) is 0 Å². The Morgan fingerprint density at radius 2 is 2.00 bits per heavy atom. The molecule has 0 aliphatic carbocycles. The first-order valence-corrected chi connectivity index (χ1v) is 7.57. The minimum atomic E-state index is -0.0987. The number of halogens is 1. The van der Waals surface area contributed by atoms with Gasteiger partial charge in [-0.15, -0.1) is 0 Å². The number of carbonyl (C=O) groups is 2. The fourth-order valence-corrected chi connectivity index (χ4v) is 3.07. The number of aryl methyl sites for hydroxylation is 1.